The summed E-state index contributed by atoms with van der Waals surface area (Å²) < 4.78 is 105. The maximum Gasteiger partial charge on any atom is 0.440 e. The Balaban J connectivity index is 2.52. The van der Waals surface area contributed by atoms with E-state index in [-0.39, 0.29) is 11.2 Å². The highest BCUT2D eigenvalue weighted by molar-refractivity contribution is 7.82. The Morgan fingerprint density at radius 1 is 1.05 bits per heavy atom. The quantitative estimate of drug-likeness (QED) is 0.792. The van der Waals surface area contributed by atoms with Crippen LogP contribution in [0.3, 0.4) is 0 Å². The maximum absolute atomic E-state index is 12.8. The fraction of sp³-hybridized carbons (Fsp3) is 0.250. The summed E-state index contributed by atoms with van der Waals surface area (Å²) in [7, 11) is -4.62. The summed E-state index contributed by atoms with van der Waals surface area (Å²) in [6, 6.07) is 0.550. The second-order valence-electron chi connectivity index (χ2n) is 3.68. The lowest BCUT2D eigenvalue weighted by Crippen LogP contribution is -2.30. The van der Waals surface area contributed by atoms with Crippen LogP contribution in [0.4, 0.5) is 32.0 Å². The van der Waals surface area contributed by atoms with Crippen LogP contribution in [0.25, 0.3) is 0 Å². The molecule has 0 aromatic heterocycles. The Kier molecular flexibility index (Phi) is 3.56. The molecule has 1 aliphatic rings. The van der Waals surface area contributed by atoms with Crippen LogP contribution in [-0.4, -0.2) is 8.42 Å². The minimum Gasteiger partial charge on any atom is -0.166 e. The van der Waals surface area contributed by atoms with Crippen molar-refractivity contribution >= 4 is 16.1 Å². The van der Waals surface area contributed by atoms with E-state index in [9.17, 15) is 34.8 Å². The zero-order chi connectivity index (χ0) is 16.1. The second kappa shape index (κ2) is 4.72. The van der Waals surface area contributed by atoms with Crippen LogP contribution < -0.4 is 10.8 Å². The molecule has 1 aromatic carbocycles. The number of hydrogen-bond donors (Lipinski definition) is 1. The Morgan fingerprint density at radius 3 is 2.10 bits per heavy atom. The molecule has 0 saturated carbocycles. The molecule has 21 heavy (non-hydrogen) atoms. The van der Waals surface area contributed by atoms with E-state index in [1.165, 1.54) is 5.59 Å². The van der Waals surface area contributed by atoms with E-state index in [2.05, 4.69) is 8.57 Å². The van der Waals surface area contributed by atoms with Crippen molar-refractivity contribution in [1.82, 2.24) is 5.59 Å². The predicted molar refractivity (Wildman–Crippen MR) is 53.2 cm³/mol. The lowest BCUT2D eigenvalue weighted by molar-refractivity contribution is -0.143. The molecule has 1 fully saturated rings. The van der Waals surface area contributed by atoms with E-state index in [1.54, 1.807) is 0 Å². The number of halogens is 6. The zero-order valence-electron chi connectivity index (χ0n) is 9.49. The Bertz CT molecular complexity index is 656. The summed E-state index contributed by atoms with van der Waals surface area (Å²) in [6.45, 7) is 0. The number of hydrazine groups is 1. The highest BCUT2D eigenvalue weighted by atomic mass is 32.3. The van der Waals surface area contributed by atoms with E-state index in [0.717, 1.165) is 0 Å². The molecule has 6 nitrogen and oxygen atoms in total. The topological polar surface area (TPSA) is 67.9 Å². The largest absolute Gasteiger partial charge is 0.440 e. The summed E-state index contributed by atoms with van der Waals surface area (Å²) in [5.41, 5.74) is -2.85. The van der Waals surface area contributed by atoms with Crippen LogP contribution in [0, 0.1) is 0 Å². The first-order valence-electron chi connectivity index (χ1n) is 4.87. The van der Waals surface area contributed by atoms with Gasteiger partial charge in [-0.15, -0.1) is 13.7 Å². The number of alkyl halides is 6. The summed E-state index contributed by atoms with van der Waals surface area (Å²) in [4.78, 5) is 0. The first kappa shape index (κ1) is 15.8. The van der Waals surface area contributed by atoms with Gasteiger partial charge in [-0.1, -0.05) is 5.59 Å². The van der Waals surface area contributed by atoms with Crippen molar-refractivity contribution in [3.63, 3.8) is 0 Å². The van der Waals surface area contributed by atoms with Gasteiger partial charge in [0.25, 0.3) is 0 Å². The molecule has 0 atom stereocenters. The number of rotatable bonds is 1. The fourth-order valence-electron chi connectivity index (χ4n) is 1.41. The van der Waals surface area contributed by atoms with Crippen molar-refractivity contribution in [2.24, 2.45) is 0 Å². The fourth-order valence-corrected chi connectivity index (χ4v) is 1.89. The summed E-state index contributed by atoms with van der Waals surface area (Å²) in [5, 5.41) is -0.0572. The normalized spacial score (nSPS) is 19.0. The van der Waals surface area contributed by atoms with Crippen molar-refractivity contribution in [1.29, 1.82) is 0 Å². The lowest BCUT2D eigenvalue weighted by atomic mass is 10.1. The third-order valence-corrected chi connectivity index (χ3v) is 2.85. The van der Waals surface area contributed by atoms with Crippen LogP contribution in [0.5, 0.6) is 0 Å². The molecular weight excluding hydrogens is 334 g/mol. The van der Waals surface area contributed by atoms with Gasteiger partial charge in [0, 0.05) is 0 Å². The van der Waals surface area contributed by atoms with E-state index in [4.69, 9.17) is 0 Å². The van der Waals surface area contributed by atoms with Crippen molar-refractivity contribution in [3.05, 3.63) is 29.3 Å². The van der Waals surface area contributed by atoms with Gasteiger partial charge in [-0.05, 0) is 18.2 Å². The molecule has 0 amide bonds. The van der Waals surface area contributed by atoms with Crippen molar-refractivity contribution < 1.29 is 43.3 Å². The smallest absolute Gasteiger partial charge is 0.166 e. The van der Waals surface area contributed by atoms with E-state index in [1.807, 2.05) is 0 Å². The second-order valence-corrected chi connectivity index (χ2v) is 4.81. The van der Waals surface area contributed by atoms with E-state index < -0.39 is 39.6 Å². The molecule has 1 aliphatic heterocycles. The highest BCUT2D eigenvalue weighted by Gasteiger charge is 2.41. The third kappa shape index (κ3) is 3.37. The van der Waals surface area contributed by atoms with Crippen LogP contribution in [0.15, 0.2) is 18.2 Å². The van der Waals surface area contributed by atoms with Gasteiger partial charge in [0.05, 0.1) is 16.8 Å². The Hall–Kier alpha value is -1.57. The average molecular weight is 338 g/mol. The molecule has 0 radical (unpaired) electrons. The van der Waals surface area contributed by atoms with Gasteiger partial charge in [-0.2, -0.15) is 34.8 Å². The molecule has 1 heterocycles. The standard InChI is InChI=1S/C8H4F6N2O4S/c9-7(10,11)4-1-2-6(5(3-4)8(12,13)14)16-15-19-21(17,18)20-16/h1-3,15H. The van der Waals surface area contributed by atoms with E-state index >= 15 is 0 Å². The molecule has 0 bridgehead atoms. The average Bonchev–Trinajstić information content (AvgIpc) is 2.66. The number of hydrogen-bond acceptors (Lipinski definition) is 6. The van der Waals surface area contributed by atoms with Crippen molar-refractivity contribution in [2.75, 3.05) is 5.17 Å². The molecular formula is C8H4F6N2O4S. The number of nitrogens with one attached hydrogen (secondary N) is 1. The van der Waals surface area contributed by atoms with Gasteiger partial charge < -0.3 is 0 Å². The summed E-state index contributed by atoms with van der Waals surface area (Å²) in [6.07, 6.45) is -10.2. The number of benzene rings is 1. The SMILES string of the molecule is O=S1(=O)ONN(c2ccc(C(F)(F)F)cc2C(F)(F)F)O1. The number of anilines is 1. The molecule has 1 N–H and O–H groups in total. The maximum atomic E-state index is 12.8. The minimum absolute atomic E-state index is 0.0572. The van der Waals surface area contributed by atoms with Crippen LogP contribution in [-0.2, 0) is 31.3 Å². The highest BCUT2D eigenvalue weighted by Crippen LogP contribution is 2.41. The molecule has 0 spiro atoms. The number of nitrogens with zero attached hydrogens (tertiary/aromatic N) is 1. The molecule has 118 valence electrons. The minimum atomic E-state index is -5.19. The van der Waals surface area contributed by atoms with Crippen LogP contribution in [0.1, 0.15) is 11.1 Å². The predicted octanol–water partition coefficient (Wildman–Crippen LogP) is 2.16. The first-order chi connectivity index (χ1) is 9.40. The molecule has 0 aliphatic carbocycles. The summed E-state index contributed by atoms with van der Waals surface area (Å²) in [5.74, 6) is 0. The lowest BCUT2D eigenvalue weighted by Gasteiger charge is -2.19. The van der Waals surface area contributed by atoms with Crippen LogP contribution >= 0.6 is 0 Å². The van der Waals surface area contributed by atoms with Crippen LogP contribution in [0.2, 0.25) is 0 Å². The molecule has 0 unspecified atom stereocenters. The molecule has 1 saturated heterocycles. The summed E-state index contributed by atoms with van der Waals surface area (Å²) >= 11 is 0. The Morgan fingerprint density at radius 2 is 1.67 bits per heavy atom. The van der Waals surface area contributed by atoms with Gasteiger partial charge in [0.15, 0.2) is 0 Å². The third-order valence-electron chi connectivity index (χ3n) is 2.24. The van der Waals surface area contributed by atoms with Gasteiger partial charge >= 0.3 is 22.8 Å². The molecule has 2 rings (SSSR count). The zero-order valence-corrected chi connectivity index (χ0v) is 10.3. The van der Waals surface area contributed by atoms with Crippen molar-refractivity contribution in [3.8, 4) is 0 Å². The monoisotopic (exact) mass is 338 g/mol. The molecule has 1 aromatic rings. The Labute approximate surface area is 113 Å². The van der Waals surface area contributed by atoms with Crippen molar-refractivity contribution in [2.45, 2.75) is 12.4 Å². The van der Waals surface area contributed by atoms with Gasteiger partial charge in [0.1, 0.15) is 0 Å². The molecule has 13 heteroatoms. The van der Waals surface area contributed by atoms with Gasteiger partial charge in [0.2, 0.25) is 0 Å². The van der Waals surface area contributed by atoms with E-state index in [0.29, 0.717) is 12.1 Å². The van der Waals surface area contributed by atoms with Gasteiger partial charge in [-0.3, -0.25) is 0 Å². The van der Waals surface area contributed by atoms with Gasteiger partial charge in [-0.25, -0.2) is 0 Å². The first-order valence-corrected chi connectivity index (χ1v) is 6.21.